The molecule has 1 aliphatic heterocycles. The Kier molecular flexibility index (Phi) is 6.12. The summed E-state index contributed by atoms with van der Waals surface area (Å²) in [4.78, 5) is 24.3. The van der Waals surface area contributed by atoms with Crippen molar-refractivity contribution < 1.29 is 9.53 Å². The zero-order valence-electron chi connectivity index (χ0n) is 19.4. The number of nitrogens with one attached hydrogen (secondary N) is 1. The van der Waals surface area contributed by atoms with Crippen LogP contribution in [0.3, 0.4) is 0 Å². The van der Waals surface area contributed by atoms with Crippen molar-refractivity contribution in [2.75, 3.05) is 29.9 Å². The number of anilines is 3. The molecule has 1 aliphatic rings. The van der Waals surface area contributed by atoms with Gasteiger partial charge in [-0.25, -0.2) is 14.6 Å². The number of rotatable bonds is 6. The van der Waals surface area contributed by atoms with E-state index in [1.54, 1.807) is 0 Å². The molecule has 0 amide bonds. The van der Waals surface area contributed by atoms with Crippen molar-refractivity contribution in [3.63, 3.8) is 0 Å². The standard InChI is InChI=1S/C26H28N6O2/c1-3-34-26(33)19-13-15-31(16-14-19)25-24(27-21-11-7-8-12-22(21)28-25)29-23-17-18(2)30-32(23)20-9-5-4-6-10-20/h4-12,17,19H,3,13-16H2,1-2H3,(H,27,29). The zero-order chi connectivity index (χ0) is 23.5. The number of hydrogen-bond donors (Lipinski definition) is 1. The minimum Gasteiger partial charge on any atom is -0.466 e. The normalized spacial score (nSPS) is 14.4. The van der Waals surface area contributed by atoms with Crippen LogP contribution in [0.15, 0.2) is 60.7 Å². The number of fused-ring (bicyclic) bond motifs is 1. The number of carbonyl (C=O) groups is 1. The number of benzene rings is 2. The van der Waals surface area contributed by atoms with Crippen molar-refractivity contribution in [3.8, 4) is 5.69 Å². The number of aromatic nitrogens is 4. The third-order valence-electron chi connectivity index (χ3n) is 6.05. The molecule has 1 saturated heterocycles. The first-order chi connectivity index (χ1) is 16.6. The molecule has 8 nitrogen and oxygen atoms in total. The maximum atomic E-state index is 12.2. The summed E-state index contributed by atoms with van der Waals surface area (Å²) < 4.78 is 7.11. The molecular formula is C26H28N6O2. The van der Waals surface area contributed by atoms with Crippen molar-refractivity contribution in [1.82, 2.24) is 19.7 Å². The number of hydrogen-bond acceptors (Lipinski definition) is 7. The second kappa shape index (κ2) is 9.51. The minimum atomic E-state index is -0.104. The topological polar surface area (TPSA) is 85.2 Å². The highest BCUT2D eigenvalue weighted by Crippen LogP contribution is 2.32. The zero-order valence-corrected chi connectivity index (χ0v) is 19.4. The lowest BCUT2D eigenvalue weighted by Crippen LogP contribution is -2.37. The SMILES string of the molecule is CCOC(=O)C1CCN(c2nc3ccccc3nc2Nc2cc(C)nn2-c2ccccc2)CC1. The van der Waals surface area contributed by atoms with Gasteiger partial charge in [0.05, 0.1) is 34.9 Å². The minimum absolute atomic E-state index is 0.0665. The molecule has 0 radical (unpaired) electrons. The van der Waals surface area contributed by atoms with Crippen LogP contribution in [-0.2, 0) is 9.53 Å². The Balaban J connectivity index is 1.49. The van der Waals surface area contributed by atoms with Crippen LogP contribution in [-0.4, -0.2) is 45.4 Å². The van der Waals surface area contributed by atoms with E-state index in [1.165, 1.54) is 0 Å². The molecule has 0 spiro atoms. The first kappa shape index (κ1) is 21.9. The van der Waals surface area contributed by atoms with E-state index in [2.05, 4.69) is 15.3 Å². The second-order valence-electron chi connectivity index (χ2n) is 8.44. The maximum Gasteiger partial charge on any atom is 0.309 e. The van der Waals surface area contributed by atoms with Gasteiger partial charge < -0.3 is 15.0 Å². The van der Waals surface area contributed by atoms with Crippen molar-refractivity contribution in [2.45, 2.75) is 26.7 Å². The Morgan fingerprint density at radius 1 is 1.03 bits per heavy atom. The van der Waals surface area contributed by atoms with Crippen LogP contribution >= 0.6 is 0 Å². The molecule has 3 heterocycles. The van der Waals surface area contributed by atoms with Gasteiger partial charge in [0.15, 0.2) is 11.6 Å². The highest BCUT2D eigenvalue weighted by atomic mass is 16.5. The van der Waals surface area contributed by atoms with Gasteiger partial charge >= 0.3 is 5.97 Å². The van der Waals surface area contributed by atoms with Gasteiger partial charge in [0.25, 0.3) is 0 Å². The van der Waals surface area contributed by atoms with E-state index in [0.717, 1.165) is 46.9 Å². The molecule has 2 aromatic carbocycles. The third-order valence-corrected chi connectivity index (χ3v) is 6.05. The quantitative estimate of drug-likeness (QED) is 0.423. The molecule has 5 rings (SSSR count). The van der Waals surface area contributed by atoms with E-state index in [0.29, 0.717) is 25.5 Å². The van der Waals surface area contributed by atoms with Crippen LogP contribution in [0, 0.1) is 12.8 Å². The Labute approximate surface area is 198 Å². The molecule has 0 saturated carbocycles. The number of piperidine rings is 1. The first-order valence-corrected chi connectivity index (χ1v) is 11.7. The predicted octanol–water partition coefficient (Wildman–Crippen LogP) is 4.65. The summed E-state index contributed by atoms with van der Waals surface area (Å²) in [5, 5.41) is 8.17. The summed E-state index contributed by atoms with van der Waals surface area (Å²) in [5.41, 5.74) is 3.52. The van der Waals surface area contributed by atoms with Gasteiger partial charge in [0.2, 0.25) is 0 Å². The van der Waals surface area contributed by atoms with Gasteiger partial charge in [-0.15, -0.1) is 0 Å². The van der Waals surface area contributed by atoms with Gasteiger partial charge in [0, 0.05) is 19.2 Å². The fraction of sp³-hybridized carbons (Fsp3) is 0.308. The third kappa shape index (κ3) is 4.44. The lowest BCUT2D eigenvalue weighted by atomic mass is 9.97. The Bertz CT molecular complexity index is 1300. The number of carbonyl (C=O) groups excluding carboxylic acids is 1. The molecule has 0 atom stereocenters. The summed E-state index contributed by atoms with van der Waals surface area (Å²) in [5.74, 6) is 2.09. The number of ether oxygens (including phenoxy) is 1. The van der Waals surface area contributed by atoms with E-state index in [9.17, 15) is 4.79 Å². The van der Waals surface area contributed by atoms with Crippen molar-refractivity contribution >= 4 is 34.5 Å². The average Bonchev–Trinajstić information content (AvgIpc) is 3.24. The summed E-state index contributed by atoms with van der Waals surface area (Å²) in [7, 11) is 0. The summed E-state index contributed by atoms with van der Waals surface area (Å²) >= 11 is 0. The number of para-hydroxylation sites is 3. The molecule has 174 valence electrons. The van der Waals surface area contributed by atoms with E-state index in [-0.39, 0.29) is 11.9 Å². The van der Waals surface area contributed by atoms with E-state index < -0.39 is 0 Å². The fourth-order valence-electron chi connectivity index (χ4n) is 4.36. The molecule has 1 fully saturated rings. The molecule has 34 heavy (non-hydrogen) atoms. The van der Waals surface area contributed by atoms with Gasteiger partial charge in [-0.3, -0.25) is 4.79 Å². The van der Waals surface area contributed by atoms with Crippen molar-refractivity contribution in [3.05, 3.63) is 66.4 Å². The van der Waals surface area contributed by atoms with Crippen molar-refractivity contribution in [1.29, 1.82) is 0 Å². The summed E-state index contributed by atoms with van der Waals surface area (Å²) in [6, 6.07) is 19.9. The average molecular weight is 457 g/mol. The lowest BCUT2D eigenvalue weighted by Gasteiger charge is -2.32. The molecule has 0 bridgehead atoms. The van der Waals surface area contributed by atoms with Crippen LogP contribution in [0.4, 0.5) is 17.5 Å². The van der Waals surface area contributed by atoms with E-state index in [1.807, 2.05) is 79.2 Å². The van der Waals surface area contributed by atoms with Gasteiger partial charge in [-0.2, -0.15) is 5.10 Å². The summed E-state index contributed by atoms with van der Waals surface area (Å²) in [6.45, 7) is 5.65. The van der Waals surface area contributed by atoms with Crippen LogP contribution in [0.1, 0.15) is 25.5 Å². The highest BCUT2D eigenvalue weighted by Gasteiger charge is 2.28. The van der Waals surface area contributed by atoms with Gasteiger partial charge in [0.1, 0.15) is 5.82 Å². The Morgan fingerprint density at radius 3 is 2.41 bits per heavy atom. The summed E-state index contributed by atoms with van der Waals surface area (Å²) in [6.07, 6.45) is 1.46. The van der Waals surface area contributed by atoms with Crippen molar-refractivity contribution in [2.24, 2.45) is 5.92 Å². The molecule has 0 unspecified atom stereocenters. The molecule has 0 aliphatic carbocycles. The molecule has 4 aromatic rings. The second-order valence-corrected chi connectivity index (χ2v) is 8.44. The predicted molar refractivity (Wildman–Crippen MR) is 133 cm³/mol. The lowest BCUT2D eigenvalue weighted by molar-refractivity contribution is -0.148. The molecule has 2 aromatic heterocycles. The Morgan fingerprint density at radius 2 is 1.71 bits per heavy atom. The fourth-order valence-corrected chi connectivity index (χ4v) is 4.36. The van der Waals surface area contributed by atoms with Gasteiger partial charge in [-0.1, -0.05) is 30.3 Å². The number of esters is 1. The van der Waals surface area contributed by atoms with Crippen LogP contribution in [0.25, 0.3) is 16.7 Å². The molecule has 8 heteroatoms. The largest absolute Gasteiger partial charge is 0.466 e. The highest BCUT2D eigenvalue weighted by molar-refractivity contribution is 5.82. The van der Waals surface area contributed by atoms with Crippen LogP contribution in [0.5, 0.6) is 0 Å². The maximum absolute atomic E-state index is 12.2. The first-order valence-electron chi connectivity index (χ1n) is 11.7. The Hall–Kier alpha value is -3.94. The number of nitrogens with zero attached hydrogens (tertiary/aromatic N) is 5. The van der Waals surface area contributed by atoms with E-state index >= 15 is 0 Å². The van der Waals surface area contributed by atoms with Crippen LogP contribution < -0.4 is 10.2 Å². The molecular weight excluding hydrogens is 428 g/mol. The molecule has 1 N–H and O–H groups in total. The van der Waals surface area contributed by atoms with E-state index in [4.69, 9.17) is 14.7 Å². The monoisotopic (exact) mass is 456 g/mol. The van der Waals surface area contributed by atoms with Crippen LogP contribution in [0.2, 0.25) is 0 Å². The smallest absolute Gasteiger partial charge is 0.309 e. The van der Waals surface area contributed by atoms with Gasteiger partial charge in [-0.05, 0) is 51.0 Å². The number of aryl methyl sites for hydroxylation is 1.